The molecule has 0 heterocycles. The van der Waals surface area contributed by atoms with Crippen molar-refractivity contribution in [3.05, 3.63) is 35.4 Å². The van der Waals surface area contributed by atoms with Gasteiger partial charge in [-0.05, 0) is 56.7 Å². The van der Waals surface area contributed by atoms with E-state index in [4.69, 9.17) is 9.47 Å². The maximum absolute atomic E-state index is 12.8. The third-order valence-corrected chi connectivity index (χ3v) is 4.19. The zero-order valence-electron chi connectivity index (χ0n) is 15.0. The Morgan fingerprint density at radius 2 is 1.85 bits per heavy atom. The fraction of sp³-hybridized carbons (Fsp3) is 0.500. The molecule has 0 aromatic heterocycles. The van der Waals surface area contributed by atoms with E-state index < -0.39 is 35.7 Å². The second-order valence-corrected chi connectivity index (χ2v) is 6.34. The van der Waals surface area contributed by atoms with E-state index in [0.717, 1.165) is 31.4 Å². The minimum atomic E-state index is -4.45. The number of rotatable bonds is 4. The van der Waals surface area contributed by atoms with Gasteiger partial charge in [-0.1, -0.05) is 18.4 Å². The molecule has 0 amide bonds. The van der Waals surface area contributed by atoms with Gasteiger partial charge in [0.25, 0.3) is 0 Å². The second kappa shape index (κ2) is 8.94. The van der Waals surface area contributed by atoms with E-state index in [1.807, 2.05) is 0 Å². The van der Waals surface area contributed by atoms with Crippen LogP contribution in [0.25, 0.3) is 0 Å². The van der Waals surface area contributed by atoms with Crippen molar-refractivity contribution in [2.24, 2.45) is 0 Å². The first kappa shape index (κ1) is 20.8. The third-order valence-electron chi connectivity index (χ3n) is 4.19. The van der Waals surface area contributed by atoms with Crippen LogP contribution >= 0.6 is 0 Å². The fourth-order valence-corrected chi connectivity index (χ4v) is 2.92. The van der Waals surface area contributed by atoms with Crippen molar-refractivity contribution in [3.8, 4) is 11.8 Å². The summed E-state index contributed by atoms with van der Waals surface area (Å²) >= 11 is 0. The Morgan fingerprint density at radius 3 is 2.48 bits per heavy atom. The molecule has 1 fully saturated rings. The highest BCUT2D eigenvalue weighted by Gasteiger charge is 2.35. The Hall–Kier alpha value is -2.49. The number of hydrogen-bond acceptors (Lipinski definition) is 4. The van der Waals surface area contributed by atoms with Crippen LogP contribution in [0.3, 0.4) is 0 Å². The number of carbonyl (C=O) groups excluding carboxylic acids is 2. The lowest BCUT2D eigenvalue weighted by Gasteiger charge is -2.32. The number of benzene rings is 1. The van der Waals surface area contributed by atoms with Crippen molar-refractivity contribution in [3.63, 3.8) is 0 Å². The van der Waals surface area contributed by atoms with Gasteiger partial charge >= 0.3 is 18.1 Å². The van der Waals surface area contributed by atoms with Crippen LogP contribution in [0.15, 0.2) is 24.3 Å². The monoisotopic (exact) mass is 382 g/mol. The van der Waals surface area contributed by atoms with Crippen molar-refractivity contribution in [1.82, 2.24) is 0 Å². The largest absolute Gasteiger partial charge is 0.466 e. The van der Waals surface area contributed by atoms with Gasteiger partial charge in [-0.15, -0.1) is 0 Å². The number of halogens is 3. The summed E-state index contributed by atoms with van der Waals surface area (Å²) in [5.74, 6) is 4.14. The van der Waals surface area contributed by atoms with Crippen LogP contribution in [0, 0.1) is 11.8 Å². The first-order chi connectivity index (χ1) is 12.7. The Balaban J connectivity index is 2.19. The van der Waals surface area contributed by atoms with Gasteiger partial charge < -0.3 is 9.47 Å². The molecule has 1 saturated carbocycles. The lowest BCUT2D eigenvalue weighted by atomic mass is 9.85. The summed E-state index contributed by atoms with van der Waals surface area (Å²) in [6.45, 7) is 1.79. The SMILES string of the molecule is CCOC(=O)CC(=O)OC1(C#Cc2cccc(C(F)(F)F)c2)CCCCC1. The average Bonchev–Trinajstić information content (AvgIpc) is 2.60. The highest BCUT2D eigenvalue weighted by molar-refractivity contribution is 5.91. The van der Waals surface area contributed by atoms with E-state index in [9.17, 15) is 22.8 Å². The lowest BCUT2D eigenvalue weighted by Crippen LogP contribution is -2.36. The first-order valence-electron chi connectivity index (χ1n) is 8.82. The van der Waals surface area contributed by atoms with E-state index in [1.165, 1.54) is 12.1 Å². The van der Waals surface area contributed by atoms with Crippen LogP contribution in [0.1, 0.15) is 56.6 Å². The molecule has 0 saturated heterocycles. The maximum Gasteiger partial charge on any atom is 0.416 e. The number of hydrogen-bond donors (Lipinski definition) is 0. The summed E-state index contributed by atoms with van der Waals surface area (Å²) in [6.07, 6.45) is -1.48. The predicted octanol–water partition coefficient (Wildman–Crippen LogP) is 4.26. The van der Waals surface area contributed by atoms with Crippen molar-refractivity contribution in [1.29, 1.82) is 0 Å². The van der Waals surface area contributed by atoms with Crippen molar-refractivity contribution in [2.45, 2.75) is 57.2 Å². The molecule has 7 heteroatoms. The molecule has 1 aromatic rings. The van der Waals surface area contributed by atoms with E-state index in [0.29, 0.717) is 12.8 Å². The Kier molecular flexibility index (Phi) is 6.89. The number of ether oxygens (including phenoxy) is 2. The minimum absolute atomic E-state index is 0.159. The Bertz CT molecular complexity index is 738. The first-order valence-corrected chi connectivity index (χ1v) is 8.82. The third kappa shape index (κ3) is 6.31. The van der Waals surface area contributed by atoms with Crippen LogP contribution in [0.2, 0.25) is 0 Å². The van der Waals surface area contributed by atoms with Gasteiger partial charge in [0.1, 0.15) is 6.42 Å². The molecule has 0 aliphatic heterocycles. The van der Waals surface area contributed by atoms with Gasteiger partial charge in [0.2, 0.25) is 0 Å². The maximum atomic E-state index is 12.8. The quantitative estimate of drug-likeness (QED) is 0.444. The smallest absolute Gasteiger partial charge is 0.416 e. The van der Waals surface area contributed by atoms with Crippen LogP contribution < -0.4 is 0 Å². The standard InChI is InChI=1S/C20H21F3O4/c1-2-26-17(24)14-18(25)27-19(10-4-3-5-11-19)12-9-15-7-6-8-16(13-15)20(21,22)23/h6-8,13H,2-5,10-11,14H2,1H3. The molecule has 4 nitrogen and oxygen atoms in total. The number of esters is 2. The molecule has 146 valence electrons. The summed E-state index contributed by atoms with van der Waals surface area (Å²) in [5, 5.41) is 0. The van der Waals surface area contributed by atoms with Gasteiger partial charge in [0.05, 0.1) is 12.2 Å². The van der Waals surface area contributed by atoms with Crippen LogP contribution in [0.4, 0.5) is 13.2 Å². The molecule has 0 radical (unpaired) electrons. The van der Waals surface area contributed by atoms with Crippen LogP contribution in [-0.2, 0) is 25.2 Å². The molecule has 0 bridgehead atoms. The summed E-state index contributed by atoms with van der Waals surface area (Å²) in [6, 6.07) is 4.69. The van der Waals surface area contributed by atoms with E-state index in [2.05, 4.69) is 11.8 Å². The molecular formula is C20H21F3O4. The highest BCUT2D eigenvalue weighted by atomic mass is 19.4. The van der Waals surface area contributed by atoms with Crippen molar-refractivity contribution < 1.29 is 32.2 Å². The zero-order valence-corrected chi connectivity index (χ0v) is 15.0. The summed E-state index contributed by atoms with van der Waals surface area (Å²) in [4.78, 5) is 23.5. The van der Waals surface area contributed by atoms with Crippen LogP contribution in [0.5, 0.6) is 0 Å². The highest BCUT2D eigenvalue weighted by Crippen LogP contribution is 2.32. The number of carbonyl (C=O) groups is 2. The second-order valence-electron chi connectivity index (χ2n) is 6.34. The predicted molar refractivity (Wildman–Crippen MR) is 91.5 cm³/mol. The van der Waals surface area contributed by atoms with E-state index in [-0.39, 0.29) is 12.2 Å². The zero-order chi connectivity index (χ0) is 19.9. The van der Waals surface area contributed by atoms with Gasteiger partial charge in [-0.25, -0.2) is 0 Å². The summed E-state index contributed by atoms with van der Waals surface area (Å²) in [5.41, 5.74) is -1.68. The molecule has 27 heavy (non-hydrogen) atoms. The molecule has 1 aliphatic rings. The minimum Gasteiger partial charge on any atom is -0.466 e. The Labute approximate surface area is 156 Å². The van der Waals surface area contributed by atoms with Crippen molar-refractivity contribution >= 4 is 11.9 Å². The van der Waals surface area contributed by atoms with E-state index >= 15 is 0 Å². The average molecular weight is 382 g/mol. The molecule has 1 aliphatic carbocycles. The Morgan fingerprint density at radius 1 is 1.15 bits per heavy atom. The van der Waals surface area contributed by atoms with Gasteiger partial charge in [0, 0.05) is 5.56 Å². The topological polar surface area (TPSA) is 52.6 Å². The fourth-order valence-electron chi connectivity index (χ4n) is 2.92. The molecule has 0 atom stereocenters. The number of alkyl halides is 3. The van der Waals surface area contributed by atoms with Gasteiger partial charge in [-0.2, -0.15) is 13.2 Å². The molecule has 2 rings (SSSR count). The van der Waals surface area contributed by atoms with Crippen molar-refractivity contribution in [2.75, 3.05) is 6.61 Å². The van der Waals surface area contributed by atoms with Gasteiger partial charge in [0.15, 0.2) is 5.60 Å². The summed E-state index contributed by atoms with van der Waals surface area (Å²) in [7, 11) is 0. The summed E-state index contributed by atoms with van der Waals surface area (Å²) < 4.78 is 48.7. The molecule has 1 aromatic carbocycles. The van der Waals surface area contributed by atoms with Crippen LogP contribution in [-0.4, -0.2) is 24.1 Å². The van der Waals surface area contributed by atoms with Gasteiger partial charge in [-0.3, -0.25) is 9.59 Å². The molecular weight excluding hydrogens is 361 g/mol. The molecule has 0 N–H and O–H groups in total. The molecule has 0 unspecified atom stereocenters. The molecule has 0 spiro atoms. The van der Waals surface area contributed by atoms with E-state index in [1.54, 1.807) is 6.92 Å². The lowest BCUT2D eigenvalue weighted by molar-refractivity contribution is -0.162. The normalized spacial score (nSPS) is 16.0.